The highest BCUT2D eigenvalue weighted by atomic mass is 16.2. The van der Waals surface area contributed by atoms with Crippen molar-refractivity contribution in [3.8, 4) is 0 Å². The van der Waals surface area contributed by atoms with Gasteiger partial charge in [-0.1, -0.05) is 43.7 Å². The molecule has 1 aliphatic heterocycles. The number of anilines is 1. The Balaban J connectivity index is 1.53. The summed E-state index contributed by atoms with van der Waals surface area (Å²) in [6.45, 7) is 9.90. The molecule has 4 heteroatoms. The van der Waals surface area contributed by atoms with Gasteiger partial charge in [0.2, 0.25) is 11.8 Å². The highest BCUT2D eigenvalue weighted by Gasteiger charge is 2.61. The zero-order valence-corrected chi connectivity index (χ0v) is 16.3. The van der Waals surface area contributed by atoms with Crippen LogP contribution in [-0.4, -0.2) is 29.8 Å². The molecule has 1 saturated heterocycles. The largest absolute Gasteiger partial charge is 0.342 e. The molecule has 0 spiro atoms. The van der Waals surface area contributed by atoms with Gasteiger partial charge in [-0.15, -0.1) is 0 Å². The number of carbonyl (C=O) groups excluding carboxylic acids is 2. The molecule has 1 saturated carbocycles. The highest BCUT2D eigenvalue weighted by molar-refractivity contribution is 5.92. The Morgan fingerprint density at radius 2 is 1.73 bits per heavy atom. The van der Waals surface area contributed by atoms with Crippen LogP contribution in [0.3, 0.4) is 0 Å². The third-order valence-corrected chi connectivity index (χ3v) is 5.91. The molecule has 3 rings (SSSR count). The van der Waals surface area contributed by atoms with Crippen LogP contribution in [0.25, 0.3) is 0 Å². The fourth-order valence-electron chi connectivity index (χ4n) is 4.14. The van der Waals surface area contributed by atoms with E-state index in [0.29, 0.717) is 19.0 Å². The van der Waals surface area contributed by atoms with Gasteiger partial charge in [-0.3, -0.25) is 9.59 Å². The Morgan fingerprint density at radius 3 is 2.31 bits per heavy atom. The van der Waals surface area contributed by atoms with Gasteiger partial charge in [0, 0.05) is 24.7 Å². The Hall–Kier alpha value is -2.10. The van der Waals surface area contributed by atoms with Gasteiger partial charge in [-0.05, 0) is 50.2 Å². The van der Waals surface area contributed by atoms with Crippen molar-refractivity contribution in [1.82, 2.24) is 4.90 Å². The summed E-state index contributed by atoms with van der Waals surface area (Å²) in [5.74, 6) is 0.753. The number of likely N-dealkylation sites (tertiary alicyclic amines) is 1. The van der Waals surface area contributed by atoms with Crippen molar-refractivity contribution in [3.63, 3.8) is 0 Å². The van der Waals surface area contributed by atoms with Crippen LogP contribution in [0.4, 0.5) is 5.69 Å². The van der Waals surface area contributed by atoms with E-state index in [0.717, 1.165) is 18.5 Å². The summed E-state index contributed by atoms with van der Waals surface area (Å²) in [5.41, 5.74) is 2.16. The number of rotatable bonds is 4. The van der Waals surface area contributed by atoms with Crippen molar-refractivity contribution in [2.75, 3.05) is 18.4 Å². The van der Waals surface area contributed by atoms with E-state index in [4.69, 9.17) is 0 Å². The minimum absolute atomic E-state index is 0.0138. The molecule has 1 aromatic carbocycles. The van der Waals surface area contributed by atoms with Gasteiger partial charge in [-0.2, -0.15) is 0 Å². The maximum atomic E-state index is 12.9. The predicted molar refractivity (Wildman–Crippen MR) is 105 cm³/mol. The molecule has 0 bridgehead atoms. The zero-order valence-electron chi connectivity index (χ0n) is 16.3. The summed E-state index contributed by atoms with van der Waals surface area (Å²) in [6, 6.07) is 9.56. The summed E-state index contributed by atoms with van der Waals surface area (Å²) in [5, 5.41) is 2.98. The monoisotopic (exact) mass is 354 g/mol. The smallest absolute Gasteiger partial charge is 0.227 e. The SMILES string of the molecule is CC(C)=CC1C(C(=O)N2CCC(C(=O)Nc3ccccc3)CC2)C1(C)C. The first kappa shape index (κ1) is 18.7. The van der Waals surface area contributed by atoms with E-state index >= 15 is 0 Å². The molecule has 2 aliphatic rings. The quantitative estimate of drug-likeness (QED) is 0.828. The Bertz CT molecular complexity index is 696. The van der Waals surface area contributed by atoms with Crippen molar-refractivity contribution < 1.29 is 9.59 Å². The molecule has 2 fully saturated rings. The molecule has 0 aromatic heterocycles. The van der Waals surface area contributed by atoms with Gasteiger partial charge in [0.1, 0.15) is 0 Å². The Morgan fingerprint density at radius 1 is 1.12 bits per heavy atom. The average Bonchev–Trinajstić information content (AvgIpc) is 3.14. The predicted octanol–water partition coefficient (Wildman–Crippen LogP) is 4.10. The number of hydrogen-bond acceptors (Lipinski definition) is 2. The fraction of sp³-hybridized carbons (Fsp3) is 0.545. The lowest BCUT2D eigenvalue weighted by Crippen LogP contribution is -2.42. The van der Waals surface area contributed by atoms with Crippen molar-refractivity contribution in [3.05, 3.63) is 42.0 Å². The molecule has 1 heterocycles. The summed E-state index contributed by atoms with van der Waals surface area (Å²) >= 11 is 0. The third kappa shape index (κ3) is 3.84. The van der Waals surface area contributed by atoms with Crippen LogP contribution >= 0.6 is 0 Å². The third-order valence-electron chi connectivity index (χ3n) is 5.91. The first-order chi connectivity index (χ1) is 12.3. The van der Waals surface area contributed by atoms with Gasteiger partial charge in [0.25, 0.3) is 0 Å². The molecule has 2 unspecified atom stereocenters. The molecular weight excluding hydrogens is 324 g/mol. The van der Waals surface area contributed by atoms with Crippen LogP contribution in [-0.2, 0) is 9.59 Å². The van der Waals surface area contributed by atoms with Crippen molar-refractivity contribution in [2.45, 2.75) is 40.5 Å². The minimum atomic E-state index is -0.0138. The lowest BCUT2D eigenvalue weighted by molar-refractivity contribution is -0.136. The fourth-order valence-corrected chi connectivity index (χ4v) is 4.14. The van der Waals surface area contributed by atoms with Crippen LogP contribution in [0.2, 0.25) is 0 Å². The standard InChI is InChI=1S/C22H30N2O2/c1-15(2)14-18-19(22(18,3)4)21(26)24-12-10-16(11-13-24)20(25)23-17-8-6-5-7-9-17/h5-9,14,16,18-19H,10-13H2,1-4H3,(H,23,25). The van der Waals surface area contributed by atoms with Crippen molar-refractivity contribution in [1.29, 1.82) is 0 Å². The van der Waals surface area contributed by atoms with E-state index in [9.17, 15) is 9.59 Å². The minimum Gasteiger partial charge on any atom is -0.342 e. The van der Waals surface area contributed by atoms with Gasteiger partial charge in [-0.25, -0.2) is 0 Å². The van der Waals surface area contributed by atoms with Gasteiger partial charge in [0.05, 0.1) is 5.92 Å². The number of nitrogens with one attached hydrogen (secondary N) is 1. The summed E-state index contributed by atoms with van der Waals surface area (Å²) < 4.78 is 0. The van der Waals surface area contributed by atoms with Gasteiger partial charge >= 0.3 is 0 Å². The molecule has 2 amide bonds. The molecule has 1 aromatic rings. The molecule has 4 nitrogen and oxygen atoms in total. The lowest BCUT2D eigenvalue weighted by atomic mass is 9.95. The number of nitrogens with zero attached hydrogens (tertiary/aromatic N) is 1. The normalized spacial score (nSPS) is 24.7. The number of para-hydroxylation sites is 1. The number of carbonyl (C=O) groups is 2. The average molecular weight is 354 g/mol. The topological polar surface area (TPSA) is 49.4 Å². The summed E-state index contributed by atoms with van der Waals surface area (Å²) in [4.78, 5) is 27.3. The molecule has 26 heavy (non-hydrogen) atoms. The molecule has 1 aliphatic carbocycles. The lowest BCUT2D eigenvalue weighted by Gasteiger charge is -2.32. The van der Waals surface area contributed by atoms with Crippen LogP contribution in [0.15, 0.2) is 42.0 Å². The number of piperidine rings is 1. The van der Waals surface area contributed by atoms with E-state index in [2.05, 4.69) is 39.1 Å². The maximum Gasteiger partial charge on any atom is 0.227 e. The molecule has 0 radical (unpaired) electrons. The summed E-state index contributed by atoms with van der Waals surface area (Å²) in [6.07, 6.45) is 3.72. The molecular formula is C22H30N2O2. The van der Waals surface area contributed by atoms with Crippen LogP contribution in [0.5, 0.6) is 0 Å². The van der Waals surface area contributed by atoms with Gasteiger partial charge in [0.15, 0.2) is 0 Å². The van der Waals surface area contributed by atoms with E-state index in [-0.39, 0.29) is 29.1 Å². The van der Waals surface area contributed by atoms with E-state index in [1.54, 1.807) is 0 Å². The Labute approximate surface area is 156 Å². The second kappa shape index (κ2) is 7.26. The molecule has 2 atom stereocenters. The van der Waals surface area contributed by atoms with Crippen molar-refractivity contribution >= 4 is 17.5 Å². The van der Waals surface area contributed by atoms with E-state index < -0.39 is 0 Å². The van der Waals surface area contributed by atoms with Crippen LogP contribution < -0.4 is 5.32 Å². The molecule has 140 valence electrons. The second-order valence-corrected chi connectivity index (χ2v) is 8.52. The number of allylic oxidation sites excluding steroid dienone is 2. The van der Waals surface area contributed by atoms with E-state index in [1.165, 1.54) is 5.57 Å². The Kier molecular flexibility index (Phi) is 5.22. The highest BCUT2D eigenvalue weighted by Crippen LogP contribution is 2.60. The first-order valence-corrected chi connectivity index (χ1v) is 9.60. The van der Waals surface area contributed by atoms with Crippen molar-refractivity contribution in [2.24, 2.45) is 23.2 Å². The van der Waals surface area contributed by atoms with Gasteiger partial charge < -0.3 is 10.2 Å². The van der Waals surface area contributed by atoms with E-state index in [1.807, 2.05) is 35.2 Å². The van der Waals surface area contributed by atoms with Crippen LogP contribution in [0, 0.1) is 23.2 Å². The second-order valence-electron chi connectivity index (χ2n) is 8.52. The zero-order chi connectivity index (χ0) is 18.9. The summed E-state index contributed by atoms with van der Waals surface area (Å²) in [7, 11) is 0. The molecule has 1 N–H and O–H groups in total. The number of benzene rings is 1. The van der Waals surface area contributed by atoms with Crippen LogP contribution in [0.1, 0.15) is 40.5 Å². The first-order valence-electron chi connectivity index (χ1n) is 9.60. The maximum absolute atomic E-state index is 12.9. The number of hydrogen-bond donors (Lipinski definition) is 1. The number of amides is 2.